The Morgan fingerprint density at radius 1 is 0.256 bits per heavy atom. The van der Waals surface area contributed by atoms with Crippen LogP contribution in [0, 0.1) is 0 Å². The van der Waals surface area contributed by atoms with Crippen molar-refractivity contribution in [2.75, 3.05) is 13.2 Å². The summed E-state index contributed by atoms with van der Waals surface area (Å²) in [6.45, 7) is 6.70. The maximum Gasteiger partial charge on any atom is 0.306 e. The molecule has 0 aliphatic carbocycles. The van der Waals surface area contributed by atoms with Crippen LogP contribution in [0.4, 0.5) is 0 Å². The van der Waals surface area contributed by atoms with Gasteiger partial charge in [0.1, 0.15) is 13.2 Å². The van der Waals surface area contributed by atoms with Crippen molar-refractivity contribution < 1.29 is 28.6 Å². The third-order valence-corrected chi connectivity index (χ3v) is 16.2. The van der Waals surface area contributed by atoms with E-state index in [1.54, 1.807) is 0 Å². The van der Waals surface area contributed by atoms with E-state index in [0.29, 0.717) is 19.3 Å². The van der Waals surface area contributed by atoms with E-state index in [2.05, 4.69) is 45.1 Å². The van der Waals surface area contributed by atoms with Gasteiger partial charge in [-0.2, -0.15) is 0 Å². The van der Waals surface area contributed by atoms with Gasteiger partial charge in [-0.1, -0.05) is 353 Å². The van der Waals surface area contributed by atoms with Gasteiger partial charge in [0.25, 0.3) is 0 Å². The van der Waals surface area contributed by atoms with Crippen LogP contribution in [0.1, 0.15) is 400 Å². The fourth-order valence-electron chi connectivity index (χ4n) is 10.9. The summed E-state index contributed by atoms with van der Waals surface area (Å²) in [6.07, 6.45) is 82.2. The number of rotatable bonds is 66. The van der Waals surface area contributed by atoms with Crippen LogP contribution in [0.15, 0.2) is 24.3 Å². The molecule has 0 saturated heterocycles. The van der Waals surface area contributed by atoms with Crippen molar-refractivity contribution in [1.82, 2.24) is 0 Å². The zero-order chi connectivity index (χ0) is 56.4. The number of allylic oxidation sites excluding steroid dienone is 4. The second-order valence-corrected chi connectivity index (χ2v) is 24.2. The zero-order valence-corrected chi connectivity index (χ0v) is 53.0. The summed E-state index contributed by atoms with van der Waals surface area (Å²) in [7, 11) is 0. The van der Waals surface area contributed by atoms with E-state index in [1.165, 1.54) is 295 Å². The van der Waals surface area contributed by atoms with Crippen LogP contribution in [-0.4, -0.2) is 37.2 Å². The molecule has 6 heteroatoms. The first-order chi connectivity index (χ1) is 38.5. The van der Waals surface area contributed by atoms with Gasteiger partial charge in [-0.25, -0.2) is 0 Å². The number of esters is 3. The Kier molecular flexibility index (Phi) is 65.6. The molecule has 1 atom stereocenters. The molecule has 0 aliphatic rings. The number of hydrogen-bond donors (Lipinski definition) is 0. The summed E-state index contributed by atoms with van der Waals surface area (Å²) >= 11 is 0. The number of ether oxygens (including phenoxy) is 3. The molecule has 1 unspecified atom stereocenters. The Morgan fingerprint density at radius 2 is 0.462 bits per heavy atom. The predicted octanol–water partition coefficient (Wildman–Crippen LogP) is 24.2. The maximum atomic E-state index is 12.9. The molecule has 460 valence electrons. The molecule has 0 aromatic carbocycles. The molecular formula is C72H136O6. The number of carbonyl (C=O) groups is 3. The van der Waals surface area contributed by atoms with E-state index in [9.17, 15) is 14.4 Å². The fourth-order valence-corrected chi connectivity index (χ4v) is 10.9. The lowest BCUT2D eigenvalue weighted by atomic mass is 10.0. The molecule has 78 heavy (non-hydrogen) atoms. The standard InChI is InChI=1S/C72H136O6/c1-4-7-10-13-16-19-22-25-27-28-29-30-31-32-33-34-35-36-37-38-39-40-41-42-43-44-46-47-50-53-56-59-62-65-71(74)77-68-69(67-76-70(73)64-61-58-55-52-49-24-21-18-15-12-9-6-3)78-72(75)66-63-60-57-54-51-48-45-26-23-20-17-14-11-8-5-2/h22,25,28-29,69H,4-21,23-24,26-27,30-68H2,1-3H3/b25-22-,29-28-. The summed E-state index contributed by atoms with van der Waals surface area (Å²) in [4.78, 5) is 38.3. The van der Waals surface area contributed by atoms with Crippen molar-refractivity contribution in [3.05, 3.63) is 24.3 Å². The molecule has 0 aromatic rings. The average Bonchev–Trinajstić information content (AvgIpc) is 3.44. The van der Waals surface area contributed by atoms with Crippen LogP contribution >= 0.6 is 0 Å². The van der Waals surface area contributed by atoms with Crippen molar-refractivity contribution in [3.8, 4) is 0 Å². The minimum absolute atomic E-state index is 0.0629. The minimum Gasteiger partial charge on any atom is -0.462 e. The second kappa shape index (κ2) is 67.4. The summed E-state index contributed by atoms with van der Waals surface area (Å²) in [5.74, 6) is -0.831. The number of hydrogen-bond acceptors (Lipinski definition) is 6. The Morgan fingerprint density at radius 3 is 0.705 bits per heavy atom. The van der Waals surface area contributed by atoms with Crippen molar-refractivity contribution in [3.63, 3.8) is 0 Å². The third kappa shape index (κ3) is 64.7. The van der Waals surface area contributed by atoms with Crippen molar-refractivity contribution in [2.24, 2.45) is 0 Å². The Bertz CT molecular complexity index is 1260. The van der Waals surface area contributed by atoms with Crippen LogP contribution in [0.2, 0.25) is 0 Å². The highest BCUT2D eigenvalue weighted by Gasteiger charge is 2.19. The van der Waals surface area contributed by atoms with Crippen LogP contribution in [0.5, 0.6) is 0 Å². The van der Waals surface area contributed by atoms with Crippen LogP contribution in [-0.2, 0) is 28.6 Å². The van der Waals surface area contributed by atoms with Gasteiger partial charge in [0, 0.05) is 19.3 Å². The molecule has 0 aliphatic heterocycles. The summed E-state index contributed by atoms with van der Waals surface area (Å²) < 4.78 is 17.0. The number of unbranched alkanes of at least 4 members (excludes halogenated alkanes) is 51. The topological polar surface area (TPSA) is 78.9 Å². The predicted molar refractivity (Wildman–Crippen MR) is 340 cm³/mol. The Balaban J connectivity index is 4.05. The molecular weight excluding hydrogens is 961 g/mol. The van der Waals surface area contributed by atoms with E-state index < -0.39 is 6.10 Å². The van der Waals surface area contributed by atoms with Gasteiger partial charge in [-0.05, 0) is 51.4 Å². The Labute approximate surface area is 487 Å². The molecule has 0 fully saturated rings. The molecule has 6 nitrogen and oxygen atoms in total. The van der Waals surface area contributed by atoms with E-state index in [-0.39, 0.29) is 31.1 Å². The van der Waals surface area contributed by atoms with Gasteiger partial charge in [-0.15, -0.1) is 0 Å². The smallest absolute Gasteiger partial charge is 0.306 e. The highest BCUT2D eigenvalue weighted by molar-refractivity contribution is 5.71. The molecule has 0 heterocycles. The lowest BCUT2D eigenvalue weighted by molar-refractivity contribution is -0.167. The molecule has 0 spiro atoms. The first-order valence-corrected chi connectivity index (χ1v) is 35.3. The molecule has 0 aromatic heterocycles. The molecule has 0 radical (unpaired) electrons. The lowest BCUT2D eigenvalue weighted by Crippen LogP contribution is -2.30. The normalized spacial score (nSPS) is 12.1. The van der Waals surface area contributed by atoms with Gasteiger partial charge in [-0.3, -0.25) is 14.4 Å². The van der Waals surface area contributed by atoms with E-state index in [4.69, 9.17) is 14.2 Å². The molecule has 0 amide bonds. The van der Waals surface area contributed by atoms with E-state index in [1.807, 2.05) is 0 Å². The van der Waals surface area contributed by atoms with Crippen molar-refractivity contribution in [1.29, 1.82) is 0 Å². The van der Waals surface area contributed by atoms with Gasteiger partial charge in [0.15, 0.2) is 6.10 Å². The zero-order valence-electron chi connectivity index (χ0n) is 53.0. The van der Waals surface area contributed by atoms with Crippen molar-refractivity contribution in [2.45, 2.75) is 406 Å². The largest absolute Gasteiger partial charge is 0.462 e. The van der Waals surface area contributed by atoms with Gasteiger partial charge in [0.2, 0.25) is 0 Å². The van der Waals surface area contributed by atoms with Crippen LogP contribution in [0.3, 0.4) is 0 Å². The second-order valence-electron chi connectivity index (χ2n) is 24.2. The molecule has 0 rings (SSSR count). The fraction of sp³-hybridized carbons (Fsp3) is 0.903. The van der Waals surface area contributed by atoms with Gasteiger partial charge >= 0.3 is 17.9 Å². The lowest BCUT2D eigenvalue weighted by Gasteiger charge is -2.18. The highest BCUT2D eigenvalue weighted by atomic mass is 16.6. The van der Waals surface area contributed by atoms with Crippen LogP contribution < -0.4 is 0 Å². The quantitative estimate of drug-likeness (QED) is 0.0261. The first-order valence-electron chi connectivity index (χ1n) is 35.3. The SMILES string of the molecule is CCCCCCC/C=C\C/C=C\CCCCCCCCCCCCCCCCCCCCCCCC(=O)OCC(COC(=O)CCCCCCCCCCCCCC)OC(=O)CCCCCCCCCCCCCCCCC. The number of carbonyl (C=O) groups excluding carboxylic acids is 3. The summed E-state index contributed by atoms with van der Waals surface area (Å²) in [5.41, 5.74) is 0. The third-order valence-electron chi connectivity index (χ3n) is 16.2. The molecule has 0 N–H and O–H groups in total. The summed E-state index contributed by atoms with van der Waals surface area (Å²) in [5, 5.41) is 0. The highest BCUT2D eigenvalue weighted by Crippen LogP contribution is 2.19. The summed E-state index contributed by atoms with van der Waals surface area (Å²) in [6, 6.07) is 0. The maximum absolute atomic E-state index is 12.9. The monoisotopic (exact) mass is 1100 g/mol. The molecule has 0 saturated carbocycles. The minimum atomic E-state index is -0.764. The Hall–Kier alpha value is -2.11. The van der Waals surface area contributed by atoms with Crippen LogP contribution in [0.25, 0.3) is 0 Å². The molecule has 0 bridgehead atoms. The van der Waals surface area contributed by atoms with E-state index >= 15 is 0 Å². The van der Waals surface area contributed by atoms with E-state index in [0.717, 1.165) is 64.2 Å². The average molecular weight is 1100 g/mol. The van der Waals surface area contributed by atoms with Crippen molar-refractivity contribution >= 4 is 17.9 Å². The van der Waals surface area contributed by atoms with Gasteiger partial charge < -0.3 is 14.2 Å². The van der Waals surface area contributed by atoms with Gasteiger partial charge in [0.05, 0.1) is 0 Å². The first kappa shape index (κ1) is 75.9.